The molecule has 174 valence electrons. The molecule has 1 unspecified atom stereocenters. The molecule has 0 spiro atoms. The summed E-state index contributed by atoms with van der Waals surface area (Å²) in [5.74, 6) is 0.860. The van der Waals surface area contributed by atoms with E-state index in [1.165, 1.54) is 25.6 Å². The van der Waals surface area contributed by atoms with Crippen LogP contribution < -0.4 is 19.5 Å². The van der Waals surface area contributed by atoms with Crippen molar-refractivity contribution >= 4 is 15.9 Å². The zero-order valence-corrected chi connectivity index (χ0v) is 19.7. The van der Waals surface area contributed by atoms with Gasteiger partial charge in [0.25, 0.3) is 0 Å². The molecule has 0 bridgehead atoms. The Bertz CT molecular complexity index is 1050. The van der Waals surface area contributed by atoms with Gasteiger partial charge in [-0.05, 0) is 44.0 Å². The normalized spacial score (nSPS) is 16.9. The molecule has 0 radical (unpaired) electrons. The number of hydrogen-bond acceptors (Lipinski definition) is 6. The summed E-state index contributed by atoms with van der Waals surface area (Å²) >= 11 is 0. The first-order valence-electron chi connectivity index (χ1n) is 10.4. The third-order valence-electron chi connectivity index (χ3n) is 5.65. The largest absolute Gasteiger partial charge is 0.493 e. The van der Waals surface area contributed by atoms with Crippen LogP contribution in [-0.4, -0.2) is 53.0 Å². The molecular formula is C23H30N2O6S. The molecule has 1 amide bonds. The van der Waals surface area contributed by atoms with Crippen molar-refractivity contribution in [2.75, 3.05) is 34.4 Å². The Morgan fingerprint density at radius 1 is 1.03 bits per heavy atom. The van der Waals surface area contributed by atoms with Gasteiger partial charge < -0.3 is 19.5 Å². The van der Waals surface area contributed by atoms with Crippen LogP contribution in [0.25, 0.3) is 0 Å². The van der Waals surface area contributed by atoms with Gasteiger partial charge in [-0.2, -0.15) is 4.31 Å². The van der Waals surface area contributed by atoms with E-state index in [1.807, 2.05) is 6.92 Å². The zero-order chi connectivity index (χ0) is 23.3. The molecule has 2 aromatic carbocycles. The van der Waals surface area contributed by atoms with Crippen LogP contribution in [0.3, 0.4) is 0 Å². The minimum Gasteiger partial charge on any atom is -0.493 e. The third kappa shape index (κ3) is 4.99. The number of carbonyl (C=O) groups excluding carboxylic acids is 1. The molecule has 1 heterocycles. The number of hydrogen-bond donors (Lipinski definition) is 1. The Morgan fingerprint density at radius 2 is 1.72 bits per heavy atom. The van der Waals surface area contributed by atoms with Crippen LogP contribution in [0.5, 0.6) is 17.2 Å². The number of benzene rings is 2. The molecule has 32 heavy (non-hydrogen) atoms. The molecule has 1 saturated heterocycles. The smallest absolute Gasteiger partial charge is 0.243 e. The van der Waals surface area contributed by atoms with Gasteiger partial charge in [0, 0.05) is 25.2 Å². The lowest BCUT2D eigenvalue weighted by molar-refractivity contribution is -0.126. The molecule has 0 saturated carbocycles. The number of aryl methyl sites for hydroxylation is 1. The standard InChI is InChI=1S/C23H30N2O6S/c1-16-7-10-19(11-8-16)32(27,28)25-13-5-6-18(15-25)23(26)24-14-17-9-12-20(29-2)22(31-4)21(17)30-3/h7-12,18H,5-6,13-15H2,1-4H3,(H,24,26). The van der Waals surface area contributed by atoms with Crippen molar-refractivity contribution in [3.05, 3.63) is 47.5 Å². The van der Waals surface area contributed by atoms with Crippen molar-refractivity contribution < 1.29 is 27.4 Å². The highest BCUT2D eigenvalue weighted by molar-refractivity contribution is 7.89. The molecule has 3 rings (SSSR count). The van der Waals surface area contributed by atoms with Crippen molar-refractivity contribution in [2.45, 2.75) is 31.2 Å². The molecule has 9 heteroatoms. The highest BCUT2D eigenvalue weighted by Crippen LogP contribution is 2.39. The van der Waals surface area contributed by atoms with Crippen LogP contribution in [0.15, 0.2) is 41.3 Å². The van der Waals surface area contributed by atoms with Gasteiger partial charge in [-0.3, -0.25) is 4.79 Å². The van der Waals surface area contributed by atoms with E-state index in [0.717, 1.165) is 11.1 Å². The van der Waals surface area contributed by atoms with Gasteiger partial charge in [0.1, 0.15) is 0 Å². The number of sulfonamides is 1. The monoisotopic (exact) mass is 462 g/mol. The van der Waals surface area contributed by atoms with E-state index < -0.39 is 15.9 Å². The summed E-state index contributed by atoms with van der Waals surface area (Å²) in [4.78, 5) is 13.1. The van der Waals surface area contributed by atoms with Crippen LogP contribution in [-0.2, 0) is 21.4 Å². The van der Waals surface area contributed by atoms with E-state index in [1.54, 1.807) is 36.4 Å². The van der Waals surface area contributed by atoms with Crippen LogP contribution in [0.1, 0.15) is 24.0 Å². The number of methoxy groups -OCH3 is 3. The Hall–Kier alpha value is -2.78. The Labute approximate surface area is 189 Å². The summed E-state index contributed by atoms with van der Waals surface area (Å²) in [6, 6.07) is 10.3. The van der Waals surface area contributed by atoms with Gasteiger partial charge in [0.05, 0.1) is 32.1 Å². The number of rotatable bonds is 8. The average molecular weight is 463 g/mol. The minimum atomic E-state index is -3.64. The van der Waals surface area contributed by atoms with Gasteiger partial charge in [-0.15, -0.1) is 0 Å². The summed E-state index contributed by atoms with van der Waals surface area (Å²) in [7, 11) is 0.950. The molecule has 1 atom stereocenters. The van der Waals surface area contributed by atoms with Crippen LogP contribution in [0.2, 0.25) is 0 Å². The fourth-order valence-electron chi connectivity index (χ4n) is 3.86. The molecular weight excluding hydrogens is 432 g/mol. The lowest BCUT2D eigenvalue weighted by Gasteiger charge is -2.31. The molecule has 1 fully saturated rings. The fraction of sp³-hybridized carbons (Fsp3) is 0.435. The van der Waals surface area contributed by atoms with E-state index >= 15 is 0 Å². The third-order valence-corrected chi connectivity index (χ3v) is 7.53. The van der Waals surface area contributed by atoms with Crippen LogP contribution >= 0.6 is 0 Å². The topological polar surface area (TPSA) is 94.2 Å². The summed E-state index contributed by atoms with van der Waals surface area (Å²) in [6.45, 7) is 2.70. The van der Waals surface area contributed by atoms with Crippen LogP contribution in [0.4, 0.5) is 0 Å². The average Bonchev–Trinajstić information content (AvgIpc) is 2.82. The second kappa shape index (κ2) is 10.2. The molecule has 2 aromatic rings. The Balaban J connectivity index is 1.69. The van der Waals surface area contributed by atoms with Crippen molar-refractivity contribution in [3.63, 3.8) is 0 Å². The SMILES string of the molecule is COc1ccc(CNC(=O)C2CCCN(S(=O)(=O)c3ccc(C)cc3)C2)c(OC)c1OC. The lowest BCUT2D eigenvalue weighted by atomic mass is 9.98. The minimum absolute atomic E-state index is 0.158. The first kappa shape index (κ1) is 23.9. The van der Waals surface area contributed by atoms with Gasteiger partial charge in [-0.25, -0.2) is 8.42 Å². The second-order valence-corrected chi connectivity index (χ2v) is 9.66. The molecule has 1 aliphatic heterocycles. The van der Waals surface area contributed by atoms with Gasteiger partial charge in [-0.1, -0.05) is 17.7 Å². The lowest BCUT2D eigenvalue weighted by Crippen LogP contribution is -2.45. The molecule has 8 nitrogen and oxygen atoms in total. The van der Waals surface area contributed by atoms with E-state index in [-0.39, 0.29) is 23.9 Å². The maximum Gasteiger partial charge on any atom is 0.243 e. The molecule has 1 aliphatic rings. The van der Waals surface area contributed by atoms with E-state index in [4.69, 9.17) is 14.2 Å². The van der Waals surface area contributed by atoms with Crippen molar-refractivity contribution in [1.82, 2.24) is 9.62 Å². The maximum absolute atomic E-state index is 13.0. The van der Waals surface area contributed by atoms with Gasteiger partial charge in [0.15, 0.2) is 11.5 Å². The maximum atomic E-state index is 13.0. The van der Waals surface area contributed by atoms with E-state index in [0.29, 0.717) is 36.6 Å². The fourth-order valence-corrected chi connectivity index (χ4v) is 5.39. The summed E-state index contributed by atoms with van der Waals surface area (Å²) < 4.78 is 43.6. The van der Waals surface area contributed by atoms with Crippen LogP contribution in [0, 0.1) is 12.8 Å². The van der Waals surface area contributed by atoms with Crippen molar-refractivity contribution in [2.24, 2.45) is 5.92 Å². The summed E-state index contributed by atoms with van der Waals surface area (Å²) in [5.41, 5.74) is 1.73. The highest BCUT2D eigenvalue weighted by Gasteiger charge is 2.33. The number of nitrogens with one attached hydrogen (secondary N) is 1. The second-order valence-electron chi connectivity index (χ2n) is 7.73. The predicted octanol–water partition coefficient (Wildman–Crippen LogP) is 2.74. The number of piperidine rings is 1. The number of ether oxygens (including phenoxy) is 3. The van der Waals surface area contributed by atoms with Gasteiger partial charge in [0.2, 0.25) is 21.7 Å². The summed E-state index contributed by atoms with van der Waals surface area (Å²) in [6.07, 6.45) is 1.26. The van der Waals surface area contributed by atoms with E-state index in [2.05, 4.69) is 5.32 Å². The molecule has 0 aromatic heterocycles. The summed E-state index contributed by atoms with van der Waals surface area (Å²) in [5, 5.41) is 2.91. The predicted molar refractivity (Wildman–Crippen MR) is 121 cm³/mol. The van der Waals surface area contributed by atoms with Gasteiger partial charge >= 0.3 is 0 Å². The first-order chi connectivity index (χ1) is 15.3. The highest BCUT2D eigenvalue weighted by atomic mass is 32.2. The first-order valence-corrected chi connectivity index (χ1v) is 11.9. The van der Waals surface area contributed by atoms with Crippen molar-refractivity contribution in [1.29, 1.82) is 0 Å². The molecule has 0 aliphatic carbocycles. The Kier molecular flexibility index (Phi) is 7.63. The molecule has 1 N–H and O–H groups in total. The number of nitrogens with zero attached hydrogens (tertiary/aromatic N) is 1. The Morgan fingerprint density at radius 3 is 2.34 bits per heavy atom. The van der Waals surface area contributed by atoms with Crippen molar-refractivity contribution in [3.8, 4) is 17.2 Å². The number of amides is 1. The quantitative estimate of drug-likeness (QED) is 0.648. The van der Waals surface area contributed by atoms with E-state index in [9.17, 15) is 13.2 Å². The zero-order valence-electron chi connectivity index (χ0n) is 18.9. The number of carbonyl (C=O) groups is 1.